The zero-order chi connectivity index (χ0) is 24.0. The van der Waals surface area contributed by atoms with Gasteiger partial charge in [0, 0.05) is 49.7 Å². The average Bonchev–Trinajstić information content (AvgIpc) is 3.38. The second-order valence-electron chi connectivity index (χ2n) is 8.89. The SMILES string of the molecule is CCn1c(-c2nc3cc(C(=O)N4CCC[C@@H](N)C4)ccc3n2C)cc2cc(OC)c(OC)cc21. The number of nitrogens with zero attached hydrogens (tertiary/aromatic N) is 4. The summed E-state index contributed by atoms with van der Waals surface area (Å²) >= 11 is 0. The van der Waals surface area contributed by atoms with Gasteiger partial charge in [-0.05, 0) is 50.1 Å². The molecule has 178 valence electrons. The van der Waals surface area contributed by atoms with Crippen molar-refractivity contribution in [1.82, 2.24) is 19.0 Å². The van der Waals surface area contributed by atoms with Crippen LogP contribution in [-0.4, -0.2) is 58.3 Å². The molecule has 5 rings (SSSR count). The third kappa shape index (κ3) is 3.58. The quantitative estimate of drug-likeness (QED) is 0.489. The molecule has 4 aromatic rings. The molecule has 2 N–H and O–H groups in total. The number of carbonyl (C=O) groups excluding carboxylic acids is 1. The van der Waals surface area contributed by atoms with E-state index in [1.54, 1.807) is 14.2 Å². The first kappa shape index (κ1) is 22.3. The molecular formula is C26H31N5O3. The number of methoxy groups -OCH3 is 2. The number of nitrogens with two attached hydrogens (primary N) is 1. The van der Waals surface area contributed by atoms with Gasteiger partial charge in [-0.25, -0.2) is 4.98 Å². The lowest BCUT2D eigenvalue weighted by atomic mass is 10.1. The molecule has 1 atom stereocenters. The number of ether oxygens (including phenoxy) is 2. The van der Waals surface area contributed by atoms with Gasteiger partial charge in [0.2, 0.25) is 0 Å². The largest absolute Gasteiger partial charge is 0.493 e. The topological polar surface area (TPSA) is 87.5 Å². The number of amides is 1. The average molecular weight is 462 g/mol. The van der Waals surface area contributed by atoms with Crippen molar-refractivity contribution in [2.24, 2.45) is 12.8 Å². The lowest BCUT2D eigenvalue weighted by molar-refractivity contribution is 0.0709. The highest BCUT2D eigenvalue weighted by Crippen LogP contribution is 2.37. The normalized spacial score (nSPS) is 16.4. The summed E-state index contributed by atoms with van der Waals surface area (Å²) in [7, 11) is 5.30. The fourth-order valence-electron chi connectivity index (χ4n) is 5.05. The number of fused-ring (bicyclic) bond motifs is 2. The summed E-state index contributed by atoms with van der Waals surface area (Å²) in [6.07, 6.45) is 1.91. The van der Waals surface area contributed by atoms with Crippen molar-refractivity contribution in [3.05, 3.63) is 42.0 Å². The lowest BCUT2D eigenvalue weighted by Crippen LogP contribution is -2.45. The minimum absolute atomic E-state index is 0.0196. The predicted octanol–water partition coefficient (Wildman–Crippen LogP) is 3.80. The molecule has 2 aromatic heterocycles. The van der Waals surface area contributed by atoms with Crippen LogP contribution in [0.4, 0.5) is 0 Å². The van der Waals surface area contributed by atoms with Crippen LogP contribution in [0.2, 0.25) is 0 Å². The van der Waals surface area contributed by atoms with E-state index in [1.165, 1.54) is 0 Å². The number of aromatic nitrogens is 3. The minimum atomic E-state index is 0.0196. The fraction of sp³-hybridized carbons (Fsp3) is 0.385. The standard InChI is InChI=1S/C26H31N5O3/c1-5-31-21-14-24(34-4)23(33-3)13-17(21)12-22(31)25-28-19-11-16(8-9-20(19)29(25)2)26(32)30-10-6-7-18(27)15-30/h8-9,11-14,18H,5-7,10,15,27H2,1-4H3/t18-/m1/s1. The maximum atomic E-state index is 13.1. The Hall–Kier alpha value is -3.52. The van der Waals surface area contributed by atoms with Gasteiger partial charge in [0.25, 0.3) is 5.91 Å². The summed E-state index contributed by atoms with van der Waals surface area (Å²) in [6, 6.07) is 11.9. The molecule has 0 spiro atoms. The number of hydrogen-bond donors (Lipinski definition) is 1. The molecule has 8 nitrogen and oxygen atoms in total. The first-order valence-electron chi connectivity index (χ1n) is 11.7. The van der Waals surface area contributed by atoms with Crippen molar-refractivity contribution in [3.63, 3.8) is 0 Å². The lowest BCUT2D eigenvalue weighted by Gasteiger charge is -2.30. The summed E-state index contributed by atoms with van der Waals surface area (Å²) in [5.41, 5.74) is 10.6. The summed E-state index contributed by atoms with van der Waals surface area (Å²) in [6.45, 7) is 4.24. The van der Waals surface area contributed by atoms with E-state index in [9.17, 15) is 4.79 Å². The molecule has 0 unspecified atom stereocenters. The van der Waals surface area contributed by atoms with Gasteiger partial charge in [-0.15, -0.1) is 0 Å². The Morgan fingerprint density at radius 1 is 1.12 bits per heavy atom. The molecule has 1 aliphatic rings. The highest BCUT2D eigenvalue weighted by Gasteiger charge is 2.24. The van der Waals surface area contributed by atoms with E-state index >= 15 is 0 Å². The van der Waals surface area contributed by atoms with E-state index in [0.29, 0.717) is 23.6 Å². The van der Waals surface area contributed by atoms with Crippen LogP contribution in [-0.2, 0) is 13.6 Å². The number of rotatable bonds is 5. The van der Waals surface area contributed by atoms with E-state index in [0.717, 1.165) is 59.4 Å². The molecule has 2 aromatic carbocycles. The van der Waals surface area contributed by atoms with E-state index in [1.807, 2.05) is 42.3 Å². The Bertz CT molecular complexity index is 1390. The molecular weight excluding hydrogens is 430 g/mol. The first-order valence-corrected chi connectivity index (χ1v) is 11.7. The third-order valence-corrected chi connectivity index (χ3v) is 6.82. The summed E-state index contributed by atoms with van der Waals surface area (Å²) in [5, 5.41) is 1.05. The summed E-state index contributed by atoms with van der Waals surface area (Å²) < 4.78 is 15.3. The van der Waals surface area contributed by atoms with Crippen LogP contribution in [0.3, 0.4) is 0 Å². The van der Waals surface area contributed by atoms with Gasteiger partial charge < -0.3 is 29.2 Å². The second kappa shape index (κ2) is 8.68. The number of carbonyl (C=O) groups is 1. The minimum Gasteiger partial charge on any atom is -0.493 e. The van der Waals surface area contributed by atoms with E-state index in [4.69, 9.17) is 20.2 Å². The Morgan fingerprint density at radius 3 is 2.59 bits per heavy atom. The van der Waals surface area contributed by atoms with Crippen LogP contribution < -0.4 is 15.2 Å². The number of imidazole rings is 1. The molecule has 0 radical (unpaired) electrons. The second-order valence-corrected chi connectivity index (χ2v) is 8.89. The number of piperidine rings is 1. The Balaban J connectivity index is 1.59. The molecule has 1 aliphatic heterocycles. The summed E-state index contributed by atoms with van der Waals surface area (Å²) in [4.78, 5) is 19.9. The highest BCUT2D eigenvalue weighted by atomic mass is 16.5. The van der Waals surface area contributed by atoms with Crippen molar-refractivity contribution in [1.29, 1.82) is 0 Å². The van der Waals surface area contributed by atoms with Gasteiger partial charge in [0.15, 0.2) is 17.3 Å². The van der Waals surface area contributed by atoms with Gasteiger partial charge in [0.1, 0.15) is 0 Å². The molecule has 8 heteroatoms. The van der Waals surface area contributed by atoms with Gasteiger partial charge in [0.05, 0.1) is 36.5 Å². The molecule has 1 amide bonds. The maximum Gasteiger partial charge on any atom is 0.253 e. The number of benzene rings is 2. The number of likely N-dealkylation sites (tertiary alicyclic amines) is 1. The van der Waals surface area contributed by atoms with Crippen LogP contribution >= 0.6 is 0 Å². The van der Waals surface area contributed by atoms with Gasteiger partial charge in [-0.3, -0.25) is 4.79 Å². The molecule has 1 saturated heterocycles. The molecule has 0 bridgehead atoms. The van der Waals surface area contributed by atoms with Crippen LogP contribution in [0, 0.1) is 0 Å². The molecule has 0 saturated carbocycles. The fourth-order valence-corrected chi connectivity index (χ4v) is 5.05. The zero-order valence-corrected chi connectivity index (χ0v) is 20.2. The summed E-state index contributed by atoms with van der Waals surface area (Å²) in [5.74, 6) is 2.25. The molecule has 3 heterocycles. The van der Waals surface area contributed by atoms with Crippen LogP contribution in [0.5, 0.6) is 11.5 Å². The molecule has 1 fully saturated rings. The van der Waals surface area contributed by atoms with E-state index < -0.39 is 0 Å². The maximum absolute atomic E-state index is 13.1. The van der Waals surface area contributed by atoms with Gasteiger partial charge >= 0.3 is 0 Å². The van der Waals surface area contributed by atoms with Crippen molar-refractivity contribution >= 4 is 27.8 Å². The number of aryl methyl sites for hydroxylation is 2. The van der Waals surface area contributed by atoms with E-state index in [2.05, 4.69) is 22.1 Å². The number of hydrogen-bond acceptors (Lipinski definition) is 5. The smallest absolute Gasteiger partial charge is 0.253 e. The van der Waals surface area contributed by atoms with Crippen LogP contribution in [0.1, 0.15) is 30.1 Å². The van der Waals surface area contributed by atoms with Gasteiger partial charge in [-0.2, -0.15) is 0 Å². The molecule has 34 heavy (non-hydrogen) atoms. The Labute approximate surface area is 198 Å². The monoisotopic (exact) mass is 461 g/mol. The predicted molar refractivity (Wildman–Crippen MR) is 134 cm³/mol. The van der Waals surface area contributed by atoms with Crippen molar-refractivity contribution in [3.8, 4) is 23.0 Å². The van der Waals surface area contributed by atoms with Crippen LogP contribution in [0.25, 0.3) is 33.5 Å². The highest BCUT2D eigenvalue weighted by molar-refractivity contribution is 5.98. The van der Waals surface area contributed by atoms with Gasteiger partial charge in [-0.1, -0.05) is 0 Å². The van der Waals surface area contributed by atoms with E-state index in [-0.39, 0.29) is 11.9 Å². The third-order valence-electron chi connectivity index (χ3n) is 6.82. The van der Waals surface area contributed by atoms with Crippen molar-refractivity contribution in [2.45, 2.75) is 32.4 Å². The van der Waals surface area contributed by atoms with Crippen molar-refractivity contribution in [2.75, 3.05) is 27.3 Å². The Kier molecular flexibility index (Phi) is 5.69. The molecule has 0 aliphatic carbocycles. The first-order chi connectivity index (χ1) is 16.4. The van der Waals surface area contributed by atoms with Crippen LogP contribution in [0.15, 0.2) is 36.4 Å². The van der Waals surface area contributed by atoms with Crippen molar-refractivity contribution < 1.29 is 14.3 Å². The zero-order valence-electron chi connectivity index (χ0n) is 20.2. The Morgan fingerprint density at radius 2 is 1.88 bits per heavy atom.